The number of hydrogen-bond acceptors (Lipinski definition) is 3. The monoisotopic (exact) mass is 222 g/mol. The zero-order valence-corrected chi connectivity index (χ0v) is 9.16. The summed E-state index contributed by atoms with van der Waals surface area (Å²) in [6, 6.07) is 1.84. The number of aromatic nitrogens is 1. The predicted octanol–water partition coefficient (Wildman–Crippen LogP) is 2.60. The van der Waals surface area contributed by atoms with Crippen molar-refractivity contribution in [2.75, 3.05) is 13.7 Å². The molecule has 0 bridgehead atoms. The molecule has 1 aromatic rings. The van der Waals surface area contributed by atoms with E-state index in [0.29, 0.717) is 10.9 Å². The van der Waals surface area contributed by atoms with Crippen LogP contribution in [0.1, 0.15) is 12.0 Å². The van der Waals surface area contributed by atoms with Crippen molar-refractivity contribution in [1.82, 2.24) is 4.98 Å². The molecular formula is C11H11ClN2O. The summed E-state index contributed by atoms with van der Waals surface area (Å²) in [6.07, 6.45) is 6.69. The first-order valence-corrected chi connectivity index (χ1v) is 5.09. The maximum atomic E-state index is 5.99. The van der Waals surface area contributed by atoms with Gasteiger partial charge >= 0.3 is 0 Å². The van der Waals surface area contributed by atoms with Crippen molar-refractivity contribution in [3.63, 3.8) is 0 Å². The Morgan fingerprint density at radius 2 is 2.33 bits per heavy atom. The molecular weight excluding hydrogens is 212 g/mol. The molecule has 0 unspecified atom stereocenters. The maximum Gasteiger partial charge on any atom is 0.232 e. The SMILES string of the molecule is COc1ncc(C2=CCCN=C2)cc1Cl. The first-order chi connectivity index (χ1) is 7.31. The van der Waals surface area contributed by atoms with Crippen LogP contribution in [0.15, 0.2) is 23.3 Å². The van der Waals surface area contributed by atoms with E-state index in [1.54, 1.807) is 13.3 Å². The molecule has 78 valence electrons. The number of halogens is 1. The van der Waals surface area contributed by atoms with Crippen LogP contribution in [0, 0.1) is 0 Å². The third-order valence-corrected chi connectivity index (χ3v) is 2.46. The third-order valence-electron chi connectivity index (χ3n) is 2.19. The Hall–Kier alpha value is -1.35. The van der Waals surface area contributed by atoms with Gasteiger partial charge in [-0.3, -0.25) is 4.99 Å². The summed E-state index contributed by atoms with van der Waals surface area (Å²) in [5.74, 6) is 0.453. The minimum Gasteiger partial charge on any atom is -0.480 e. The van der Waals surface area contributed by atoms with Crippen LogP contribution in [0.25, 0.3) is 5.57 Å². The molecule has 0 aromatic carbocycles. The number of ether oxygens (including phenoxy) is 1. The van der Waals surface area contributed by atoms with E-state index >= 15 is 0 Å². The molecule has 3 nitrogen and oxygen atoms in total. The van der Waals surface area contributed by atoms with Crippen LogP contribution in [-0.4, -0.2) is 24.9 Å². The molecule has 1 aromatic heterocycles. The van der Waals surface area contributed by atoms with Crippen LogP contribution in [0.4, 0.5) is 0 Å². The fourth-order valence-corrected chi connectivity index (χ4v) is 1.68. The van der Waals surface area contributed by atoms with Gasteiger partial charge in [-0.2, -0.15) is 0 Å². The molecule has 2 rings (SSSR count). The van der Waals surface area contributed by atoms with E-state index < -0.39 is 0 Å². The zero-order chi connectivity index (χ0) is 10.7. The minimum atomic E-state index is 0.453. The van der Waals surface area contributed by atoms with Gasteiger partial charge in [0.2, 0.25) is 5.88 Å². The van der Waals surface area contributed by atoms with Gasteiger partial charge < -0.3 is 4.74 Å². The number of rotatable bonds is 2. The number of methoxy groups -OCH3 is 1. The molecule has 0 atom stereocenters. The Morgan fingerprint density at radius 3 is 2.93 bits per heavy atom. The first kappa shape index (κ1) is 10.2. The largest absolute Gasteiger partial charge is 0.480 e. The molecule has 1 aliphatic heterocycles. The third kappa shape index (κ3) is 2.18. The molecule has 0 spiro atoms. The number of nitrogens with zero attached hydrogens (tertiary/aromatic N) is 2. The molecule has 15 heavy (non-hydrogen) atoms. The van der Waals surface area contributed by atoms with Crippen LogP contribution >= 0.6 is 11.6 Å². The fraction of sp³-hybridized carbons (Fsp3) is 0.273. The highest BCUT2D eigenvalue weighted by Gasteiger charge is 2.07. The summed E-state index contributed by atoms with van der Waals surface area (Å²) < 4.78 is 4.99. The molecule has 0 fully saturated rings. The maximum absolute atomic E-state index is 5.99. The second-order valence-corrected chi connectivity index (χ2v) is 3.61. The van der Waals surface area contributed by atoms with Gasteiger partial charge in [-0.15, -0.1) is 0 Å². The Morgan fingerprint density at radius 1 is 1.47 bits per heavy atom. The van der Waals surface area contributed by atoms with Gasteiger partial charge in [-0.1, -0.05) is 17.7 Å². The normalized spacial score (nSPS) is 14.9. The second-order valence-electron chi connectivity index (χ2n) is 3.20. The summed E-state index contributed by atoms with van der Waals surface area (Å²) in [5.41, 5.74) is 2.04. The lowest BCUT2D eigenvalue weighted by Gasteiger charge is -2.08. The van der Waals surface area contributed by atoms with Gasteiger partial charge in [-0.05, 0) is 18.1 Å². The summed E-state index contributed by atoms with van der Waals surface area (Å²) in [5, 5.41) is 0.523. The molecule has 4 heteroatoms. The van der Waals surface area contributed by atoms with Crippen LogP contribution in [0.2, 0.25) is 5.02 Å². The van der Waals surface area contributed by atoms with E-state index in [9.17, 15) is 0 Å². The van der Waals surface area contributed by atoms with Gasteiger partial charge in [0.15, 0.2) is 0 Å². The highest BCUT2D eigenvalue weighted by molar-refractivity contribution is 6.32. The lowest BCUT2D eigenvalue weighted by atomic mass is 10.1. The van der Waals surface area contributed by atoms with Crippen molar-refractivity contribution in [3.8, 4) is 5.88 Å². The van der Waals surface area contributed by atoms with Crippen LogP contribution in [0.5, 0.6) is 5.88 Å². The average molecular weight is 223 g/mol. The molecule has 0 aliphatic carbocycles. The predicted molar refractivity (Wildman–Crippen MR) is 61.8 cm³/mol. The van der Waals surface area contributed by atoms with Crippen LogP contribution in [0.3, 0.4) is 0 Å². The standard InChI is InChI=1S/C11H11ClN2O/c1-15-11-10(12)5-9(7-14-11)8-3-2-4-13-6-8/h3,5-7H,2,4H2,1H3. The van der Waals surface area contributed by atoms with Gasteiger partial charge in [0, 0.05) is 24.5 Å². The highest BCUT2D eigenvalue weighted by atomic mass is 35.5. The molecule has 1 aliphatic rings. The van der Waals surface area contributed by atoms with Crippen molar-refractivity contribution in [1.29, 1.82) is 0 Å². The lowest BCUT2D eigenvalue weighted by Crippen LogP contribution is -1.96. The molecule has 0 saturated carbocycles. The Bertz CT molecular complexity index is 427. The summed E-state index contributed by atoms with van der Waals surface area (Å²) in [6.45, 7) is 0.862. The number of aliphatic imine (C=N–C) groups is 1. The molecule has 0 radical (unpaired) electrons. The summed E-state index contributed by atoms with van der Waals surface area (Å²) in [7, 11) is 1.55. The van der Waals surface area contributed by atoms with E-state index in [4.69, 9.17) is 16.3 Å². The topological polar surface area (TPSA) is 34.5 Å². The van der Waals surface area contributed by atoms with E-state index in [1.165, 1.54) is 0 Å². The van der Waals surface area contributed by atoms with Gasteiger partial charge in [-0.25, -0.2) is 4.98 Å². The Balaban J connectivity index is 2.33. The van der Waals surface area contributed by atoms with Gasteiger partial charge in [0.1, 0.15) is 5.02 Å². The number of dihydropyridines is 1. The molecule has 0 saturated heterocycles. The van der Waals surface area contributed by atoms with Crippen molar-refractivity contribution in [2.45, 2.75) is 6.42 Å². The number of hydrogen-bond donors (Lipinski definition) is 0. The van der Waals surface area contributed by atoms with E-state index in [0.717, 1.165) is 24.1 Å². The van der Waals surface area contributed by atoms with Crippen molar-refractivity contribution < 1.29 is 4.74 Å². The van der Waals surface area contributed by atoms with Crippen molar-refractivity contribution >= 4 is 23.4 Å². The van der Waals surface area contributed by atoms with E-state index in [2.05, 4.69) is 16.1 Å². The average Bonchev–Trinajstić information content (AvgIpc) is 2.30. The summed E-state index contributed by atoms with van der Waals surface area (Å²) >= 11 is 5.99. The zero-order valence-electron chi connectivity index (χ0n) is 8.40. The van der Waals surface area contributed by atoms with Gasteiger partial charge in [0.25, 0.3) is 0 Å². The Kier molecular flexibility index (Phi) is 3.02. The Labute approximate surface area is 93.5 Å². The number of allylic oxidation sites excluding steroid dienone is 1. The molecule has 0 N–H and O–H groups in total. The van der Waals surface area contributed by atoms with E-state index in [1.807, 2.05) is 12.3 Å². The van der Waals surface area contributed by atoms with Crippen LogP contribution in [-0.2, 0) is 0 Å². The molecule has 0 amide bonds. The lowest BCUT2D eigenvalue weighted by molar-refractivity contribution is 0.398. The quantitative estimate of drug-likeness (QED) is 0.771. The smallest absolute Gasteiger partial charge is 0.232 e. The first-order valence-electron chi connectivity index (χ1n) is 4.71. The second kappa shape index (κ2) is 4.45. The van der Waals surface area contributed by atoms with E-state index in [-0.39, 0.29) is 0 Å². The fourth-order valence-electron chi connectivity index (χ4n) is 1.44. The van der Waals surface area contributed by atoms with Crippen molar-refractivity contribution in [3.05, 3.63) is 28.9 Å². The van der Waals surface area contributed by atoms with Gasteiger partial charge in [0.05, 0.1) is 7.11 Å². The number of pyridine rings is 1. The minimum absolute atomic E-state index is 0.453. The highest BCUT2D eigenvalue weighted by Crippen LogP contribution is 2.25. The summed E-state index contributed by atoms with van der Waals surface area (Å²) in [4.78, 5) is 8.33. The molecule has 2 heterocycles. The van der Waals surface area contributed by atoms with Crippen LogP contribution < -0.4 is 4.74 Å². The van der Waals surface area contributed by atoms with Crippen molar-refractivity contribution in [2.24, 2.45) is 4.99 Å².